The molecule has 130 valence electrons. The molecule has 1 fully saturated rings. The van der Waals surface area contributed by atoms with E-state index in [0.717, 1.165) is 43.7 Å². The Morgan fingerprint density at radius 1 is 1.08 bits per heavy atom. The molecule has 2 aromatic rings. The van der Waals surface area contributed by atoms with E-state index in [9.17, 15) is 9.59 Å². The van der Waals surface area contributed by atoms with Gasteiger partial charge in [-0.05, 0) is 30.4 Å². The number of hydrogen-bond donors (Lipinski definition) is 0. The number of carbonyl (C=O) groups is 1. The highest BCUT2D eigenvalue weighted by Crippen LogP contribution is 2.36. The number of fused-ring (bicyclic) bond motifs is 4. The molecule has 1 saturated heterocycles. The summed E-state index contributed by atoms with van der Waals surface area (Å²) in [5, 5.41) is 0. The van der Waals surface area contributed by atoms with Crippen molar-refractivity contribution in [1.82, 2.24) is 9.47 Å². The van der Waals surface area contributed by atoms with Crippen LogP contribution in [-0.4, -0.2) is 28.5 Å². The molecule has 2 aliphatic rings. The predicted molar refractivity (Wildman–Crippen MR) is 97.6 cm³/mol. The first-order valence-corrected chi connectivity index (χ1v) is 9.21. The number of amides is 1. The smallest absolute Gasteiger partial charge is 0.250 e. The Labute approximate surface area is 148 Å². The van der Waals surface area contributed by atoms with E-state index in [-0.39, 0.29) is 23.3 Å². The maximum atomic E-state index is 13.2. The van der Waals surface area contributed by atoms with Gasteiger partial charge in [-0.25, -0.2) is 0 Å². The lowest BCUT2D eigenvalue weighted by Gasteiger charge is -2.43. The molecule has 0 N–H and O–H groups in total. The highest BCUT2D eigenvalue weighted by atomic mass is 16.2. The second kappa shape index (κ2) is 6.51. The summed E-state index contributed by atoms with van der Waals surface area (Å²) in [7, 11) is 0. The monoisotopic (exact) mass is 336 g/mol. The van der Waals surface area contributed by atoms with Gasteiger partial charge in [0.25, 0.3) is 5.56 Å². The van der Waals surface area contributed by atoms with E-state index >= 15 is 0 Å². The van der Waals surface area contributed by atoms with Crippen molar-refractivity contribution in [3.63, 3.8) is 0 Å². The van der Waals surface area contributed by atoms with E-state index in [0.29, 0.717) is 5.92 Å². The molecule has 0 radical (unpaired) electrons. The lowest BCUT2D eigenvalue weighted by Crippen LogP contribution is -2.50. The molecule has 3 heterocycles. The summed E-state index contributed by atoms with van der Waals surface area (Å²) in [6.07, 6.45) is 1.89. The summed E-state index contributed by atoms with van der Waals surface area (Å²) in [5.74, 6) is 0.815. The molecule has 2 aliphatic heterocycles. The largest absolute Gasteiger partial charge is 0.341 e. The molecule has 0 unspecified atom stereocenters. The van der Waals surface area contributed by atoms with Crippen LogP contribution in [0.25, 0.3) is 0 Å². The number of aromatic nitrogens is 1. The topological polar surface area (TPSA) is 42.3 Å². The SMILES string of the molecule is CC[C@H](C(=O)N1C[C@@H]2C[C@@H](C1)c1cccc(=O)n1C2)c1ccccc1. The van der Waals surface area contributed by atoms with E-state index in [1.54, 1.807) is 6.07 Å². The second-order valence-electron chi connectivity index (χ2n) is 7.31. The number of likely N-dealkylation sites (tertiary alicyclic amines) is 1. The fourth-order valence-electron chi connectivity index (χ4n) is 4.54. The van der Waals surface area contributed by atoms with Crippen LogP contribution >= 0.6 is 0 Å². The van der Waals surface area contributed by atoms with Gasteiger partial charge in [-0.3, -0.25) is 9.59 Å². The van der Waals surface area contributed by atoms with Crippen LogP contribution in [0.4, 0.5) is 0 Å². The van der Waals surface area contributed by atoms with Crippen molar-refractivity contribution < 1.29 is 4.79 Å². The van der Waals surface area contributed by atoms with E-state index in [2.05, 4.69) is 6.92 Å². The highest BCUT2D eigenvalue weighted by molar-refractivity contribution is 5.84. The average Bonchev–Trinajstić information content (AvgIpc) is 2.64. The van der Waals surface area contributed by atoms with Crippen molar-refractivity contribution in [3.8, 4) is 0 Å². The van der Waals surface area contributed by atoms with Crippen LogP contribution in [0.15, 0.2) is 53.3 Å². The number of benzene rings is 1. The third kappa shape index (κ3) is 2.90. The van der Waals surface area contributed by atoms with Gasteiger partial charge in [0.15, 0.2) is 0 Å². The Balaban J connectivity index is 1.59. The number of carbonyl (C=O) groups excluding carboxylic acids is 1. The summed E-state index contributed by atoms with van der Waals surface area (Å²) in [6.45, 7) is 4.30. The molecule has 1 aromatic carbocycles. The molecule has 1 amide bonds. The molecule has 2 bridgehead atoms. The van der Waals surface area contributed by atoms with Crippen molar-refractivity contribution in [2.24, 2.45) is 5.92 Å². The van der Waals surface area contributed by atoms with Gasteiger partial charge in [0.05, 0.1) is 5.92 Å². The zero-order chi connectivity index (χ0) is 17.4. The summed E-state index contributed by atoms with van der Waals surface area (Å²) < 4.78 is 1.91. The summed E-state index contributed by atoms with van der Waals surface area (Å²) in [5.41, 5.74) is 2.28. The molecular weight excluding hydrogens is 312 g/mol. The van der Waals surface area contributed by atoms with Gasteiger partial charge in [0.1, 0.15) is 0 Å². The molecule has 3 atom stereocenters. The standard InChI is InChI=1S/C21H24N2O2/c1-2-18(16-7-4-3-5-8-16)21(25)22-12-15-11-17(14-22)19-9-6-10-20(24)23(19)13-15/h3-10,15,17-18H,2,11-14H2,1H3/t15-,17-,18-/m0/s1. The van der Waals surface area contributed by atoms with Gasteiger partial charge < -0.3 is 9.47 Å². The van der Waals surface area contributed by atoms with Gasteiger partial charge in [0, 0.05) is 37.3 Å². The zero-order valence-electron chi connectivity index (χ0n) is 14.6. The number of hydrogen-bond acceptors (Lipinski definition) is 2. The number of pyridine rings is 1. The second-order valence-corrected chi connectivity index (χ2v) is 7.31. The van der Waals surface area contributed by atoms with Crippen LogP contribution in [0, 0.1) is 5.92 Å². The normalized spacial score (nSPS) is 23.0. The first-order valence-electron chi connectivity index (χ1n) is 9.21. The lowest BCUT2D eigenvalue weighted by atomic mass is 9.82. The van der Waals surface area contributed by atoms with Crippen LogP contribution in [-0.2, 0) is 11.3 Å². The first-order chi connectivity index (χ1) is 12.2. The molecular formula is C21H24N2O2. The average molecular weight is 336 g/mol. The molecule has 0 spiro atoms. The number of piperidine rings is 1. The number of rotatable bonds is 3. The summed E-state index contributed by atoms with van der Waals surface area (Å²) in [4.78, 5) is 27.4. The Morgan fingerprint density at radius 2 is 1.88 bits per heavy atom. The van der Waals surface area contributed by atoms with Crippen LogP contribution in [0.2, 0.25) is 0 Å². The molecule has 0 saturated carbocycles. The van der Waals surface area contributed by atoms with E-state index in [1.165, 1.54) is 0 Å². The van der Waals surface area contributed by atoms with Gasteiger partial charge in [-0.1, -0.05) is 43.3 Å². The van der Waals surface area contributed by atoms with Crippen molar-refractivity contribution >= 4 is 5.91 Å². The zero-order valence-corrected chi connectivity index (χ0v) is 14.6. The van der Waals surface area contributed by atoms with Crippen LogP contribution in [0.1, 0.15) is 42.9 Å². The van der Waals surface area contributed by atoms with Gasteiger partial charge in [-0.15, -0.1) is 0 Å². The Bertz CT molecular complexity index is 827. The minimum Gasteiger partial charge on any atom is -0.341 e. The Morgan fingerprint density at radius 3 is 2.64 bits per heavy atom. The first kappa shape index (κ1) is 16.1. The minimum absolute atomic E-state index is 0.0713. The van der Waals surface area contributed by atoms with Crippen molar-refractivity contribution in [3.05, 3.63) is 70.1 Å². The van der Waals surface area contributed by atoms with E-state index < -0.39 is 0 Å². The highest BCUT2D eigenvalue weighted by Gasteiger charge is 2.37. The lowest BCUT2D eigenvalue weighted by molar-refractivity contribution is -0.135. The molecule has 0 aliphatic carbocycles. The van der Waals surface area contributed by atoms with Gasteiger partial charge in [-0.2, -0.15) is 0 Å². The fourth-order valence-corrected chi connectivity index (χ4v) is 4.54. The third-order valence-corrected chi connectivity index (χ3v) is 5.70. The molecule has 1 aromatic heterocycles. The molecule has 4 rings (SSSR count). The maximum Gasteiger partial charge on any atom is 0.250 e. The molecule has 25 heavy (non-hydrogen) atoms. The molecule has 4 heteroatoms. The van der Waals surface area contributed by atoms with Crippen LogP contribution in [0.3, 0.4) is 0 Å². The van der Waals surface area contributed by atoms with Gasteiger partial charge in [0.2, 0.25) is 5.91 Å². The van der Waals surface area contributed by atoms with Gasteiger partial charge >= 0.3 is 0 Å². The van der Waals surface area contributed by atoms with Crippen molar-refractivity contribution in [1.29, 1.82) is 0 Å². The van der Waals surface area contributed by atoms with Crippen molar-refractivity contribution in [2.45, 2.75) is 38.1 Å². The van der Waals surface area contributed by atoms with E-state index in [1.807, 2.05) is 51.9 Å². The minimum atomic E-state index is -0.0713. The fraction of sp³-hybridized carbons (Fsp3) is 0.429. The predicted octanol–water partition coefficient (Wildman–Crippen LogP) is 2.99. The van der Waals surface area contributed by atoms with Crippen LogP contribution < -0.4 is 5.56 Å². The maximum absolute atomic E-state index is 13.2. The summed E-state index contributed by atoms with van der Waals surface area (Å²) >= 11 is 0. The molecule has 4 nitrogen and oxygen atoms in total. The quantitative estimate of drug-likeness (QED) is 0.865. The Hall–Kier alpha value is -2.36. The van der Waals surface area contributed by atoms with E-state index in [4.69, 9.17) is 0 Å². The Kier molecular flexibility index (Phi) is 4.20. The third-order valence-electron chi connectivity index (χ3n) is 5.70. The van der Waals surface area contributed by atoms with Crippen LogP contribution in [0.5, 0.6) is 0 Å². The van der Waals surface area contributed by atoms with Crippen molar-refractivity contribution in [2.75, 3.05) is 13.1 Å². The summed E-state index contributed by atoms with van der Waals surface area (Å²) in [6, 6.07) is 15.6. The number of nitrogens with zero attached hydrogens (tertiary/aromatic N) is 2.